The molecule has 1 saturated heterocycles. The average Bonchev–Trinajstić information content (AvgIpc) is 3.29. The van der Waals surface area contributed by atoms with Gasteiger partial charge in [-0.2, -0.15) is 5.10 Å². The van der Waals surface area contributed by atoms with Crippen LogP contribution in [-0.2, 0) is 16.1 Å². The molecule has 0 unspecified atom stereocenters. The highest BCUT2D eigenvalue weighted by atomic mass is 32.2. The third-order valence-electron chi connectivity index (χ3n) is 5.00. The molecule has 0 spiro atoms. The van der Waals surface area contributed by atoms with Gasteiger partial charge in [0.25, 0.3) is 11.1 Å². The molecule has 4 rings (SSSR count). The largest absolute Gasteiger partial charge is 0.353 e. The molecule has 2 aromatic carbocycles. The van der Waals surface area contributed by atoms with Crippen molar-refractivity contribution in [2.24, 2.45) is 0 Å². The molecule has 3 aromatic rings. The lowest BCUT2D eigenvalue weighted by Crippen LogP contribution is -2.38. The Kier molecular flexibility index (Phi) is 6.85. The Morgan fingerprint density at radius 1 is 1.15 bits per heavy atom. The number of aromatic nitrogens is 3. The van der Waals surface area contributed by atoms with Crippen LogP contribution in [0.1, 0.15) is 11.1 Å². The van der Waals surface area contributed by atoms with Crippen LogP contribution in [0, 0.1) is 11.7 Å². The molecule has 0 saturated carbocycles. The summed E-state index contributed by atoms with van der Waals surface area (Å²) in [7, 11) is 0. The molecule has 1 aromatic heterocycles. The van der Waals surface area contributed by atoms with Crippen LogP contribution in [0.15, 0.2) is 59.5 Å². The number of aromatic amines is 1. The summed E-state index contributed by atoms with van der Waals surface area (Å²) >= 11 is 6.17. The van der Waals surface area contributed by atoms with E-state index in [1.165, 1.54) is 0 Å². The first-order valence-corrected chi connectivity index (χ1v) is 11.4. The number of nitrogens with one attached hydrogen (secondary N) is 2. The van der Waals surface area contributed by atoms with E-state index in [1.807, 2.05) is 61.5 Å². The number of imide groups is 1. The highest BCUT2D eigenvalue weighted by Gasteiger charge is 2.34. The zero-order valence-corrected chi connectivity index (χ0v) is 19.4. The molecule has 3 amide bonds. The van der Waals surface area contributed by atoms with Gasteiger partial charge in [0.1, 0.15) is 6.54 Å². The molecule has 1 aliphatic heterocycles. The van der Waals surface area contributed by atoms with Crippen LogP contribution in [0.2, 0.25) is 0 Å². The predicted octanol–water partition coefficient (Wildman–Crippen LogP) is 3.77. The highest BCUT2D eigenvalue weighted by Crippen LogP contribution is 2.31. The quantitative estimate of drug-likeness (QED) is 0.395. The van der Waals surface area contributed by atoms with Gasteiger partial charge in [-0.3, -0.25) is 28.9 Å². The Morgan fingerprint density at radius 3 is 2.61 bits per heavy atom. The van der Waals surface area contributed by atoms with Crippen LogP contribution in [0.3, 0.4) is 0 Å². The maximum Gasteiger partial charge on any atom is 0.293 e. The van der Waals surface area contributed by atoms with Gasteiger partial charge in [-0.25, -0.2) is 0 Å². The van der Waals surface area contributed by atoms with E-state index < -0.39 is 0 Å². The minimum Gasteiger partial charge on any atom is -0.353 e. The van der Waals surface area contributed by atoms with Crippen molar-refractivity contribution in [2.75, 3.05) is 13.1 Å². The van der Waals surface area contributed by atoms with E-state index >= 15 is 0 Å². The van der Waals surface area contributed by atoms with E-state index in [1.54, 1.807) is 10.6 Å². The third-order valence-corrected chi connectivity index (χ3v) is 6.22. The van der Waals surface area contributed by atoms with Crippen molar-refractivity contribution in [3.05, 3.63) is 75.4 Å². The van der Waals surface area contributed by atoms with Crippen LogP contribution in [0.25, 0.3) is 17.5 Å². The van der Waals surface area contributed by atoms with Crippen LogP contribution in [-0.4, -0.2) is 49.8 Å². The predicted molar refractivity (Wildman–Crippen MR) is 130 cm³/mol. The number of rotatable bonds is 7. The second kappa shape index (κ2) is 9.97. The number of carbonyl (C=O) groups excluding carboxylic acids is 3. The van der Waals surface area contributed by atoms with E-state index in [2.05, 4.69) is 15.5 Å². The summed E-state index contributed by atoms with van der Waals surface area (Å²) in [6.45, 7) is 2.18. The second-order valence-corrected chi connectivity index (χ2v) is 8.78. The normalized spacial score (nSPS) is 14.8. The van der Waals surface area contributed by atoms with Gasteiger partial charge < -0.3 is 5.32 Å². The lowest BCUT2D eigenvalue weighted by molar-refractivity contribution is -0.124. The van der Waals surface area contributed by atoms with Gasteiger partial charge >= 0.3 is 0 Å². The van der Waals surface area contributed by atoms with E-state index in [4.69, 9.17) is 12.2 Å². The van der Waals surface area contributed by atoms with Gasteiger partial charge in [0.05, 0.1) is 4.91 Å². The van der Waals surface area contributed by atoms with Crippen molar-refractivity contribution in [3.63, 3.8) is 0 Å². The van der Waals surface area contributed by atoms with Crippen molar-refractivity contribution < 1.29 is 14.4 Å². The topological polar surface area (TPSA) is 100 Å². The molecule has 8 nitrogen and oxygen atoms in total. The summed E-state index contributed by atoms with van der Waals surface area (Å²) in [4.78, 5) is 38.9. The second-order valence-electron chi connectivity index (χ2n) is 7.40. The fraction of sp³-hybridized carbons (Fsp3) is 0.174. The molecule has 1 fully saturated rings. The summed E-state index contributed by atoms with van der Waals surface area (Å²) < 4.78 is 1.94. The number of amides is 3. The molecular weight excluding hydrogens is 458 g/mol. The number of thioether (sulfide) groups is 1. The number of benzene rings is 2. The first kappa shape index (κ1) is 22.7. The van der Waals surface area contributed by atoms with Crippen LogP contribution in [0.4, 0.5) is 4.79 Å². The highest BCUT2D eigenvalue weighted by molar-refractivity contribution is 8.18. The number of hydrogen-bond donors (Lipinski definition) is 2. The summed E-state index contributed by atoms with van der Waals surface area (Å²) in [6, 6.07) is 17.1. The lowest BCUT2D eigenvalue weighted by atomic mass is 10.1. The van der Waals surface area contributed by atoms with Crippen molar-refractivity contribution >= 4 is 47.1 Å². The minimum atomic E-state index is -0.359. The van der Waals surface area contributed by atoms with Crippen molar-refractivity contribution in [1.29, 1.82) is 0 Å². The number of carbonyl (C=O) groups is 3. The van der Waals surface area contributed by atoms with Gasteiger partial charge in [0.15, 0.2) is 10.6 Å². The Hall–Kier alpha value is -3.50. The maximum absolute atomic E-state index is 12.6. The Labute approximate surface area is 199 Å². The first-order chi connectivity index (χ1) is 15.9. The molecule has 2 N–H and O–H groups in total. The minimum absolute atomic E-state index is 0.0334. The molecule has 2 heterocycles. The summed E-state index contributed by atoms with van der Waals surface area (Å²) in [5.74, 6) is -0.0957. The Balaban J connectivity index is 1.35. The Bertz CT molecular complexity index is 1280. The van der Waals surface area contributed by atoms with E-state index in [0.717, 1.165) is 33.4 Å². The smallest absolute Gasteiger partial charge is 0.293 e. The molecule has 1 aliphatic rings. The summed E-state index contributed by atoms with van der Waals surface area (Å²) in [5, 5.41) is 9.35. The molecule has 0 atom stereocenters. The van der Waals surface area contributed by atoms with E-state index in [-0.39, 0.29) is 36.7 Å². The fourth-order valence-corrected chi connectivity index (χ4v) is 4.35. The van der Waals surface area contributed by atoms with Crippen molar-refractivity contribution in [3.8, 4) is 11.4 Å². The number of H-pyrrole nitrogens is 1. The Morgan fingerprint density at radius 2 is 1.88 bits per heavy atom. The lowest BCUT2D eigenvalue weighted by Gasteiger charge is -2.13. The molecule has 168 valence electrons. The zero-order chi connectivity index (χ0) is 23.4. The molecule has 33 heavy (non-hydrogen) atoms. The molecule has 0 radical (unpaired) electrons. The first-order valence-electron chi connectivity index (χ1n) is 10.2. The number of nitrogens with zero attached hydrogens (tertiary/aromatic N) is 3. The molecular formula is C23H21N5O3S2. The average molecular weight is 480 g/mol. The summed E-state index contributed by atoms with van der Waals surface area (Å²) in [5.41, 5.74) is 2.80. The SMILES string of the molecule is Cc1ccc(-c2n[nH]c(=S)n2CC(=O)NCCN2C(=O)S/C(=C\c3ccccc3)C2=O)cc1. The van der Waals surface area contributed by atoms with Gasteiger partial charge in [0, 0.05) is 18.7 Å². The maximum atomic E-state index is 12.6. The standard InChI is InChI=1S/C23H21N5O3S2/c1-15-7-9-17(10-8-15)20-25-26-22(32)28(20)14-19(29)24-11-12-27-21(30)18(33-23(27)31)13-16-5-3-2-4-6-16/h2-10,13H,11-12,14H2,1H3,(H,24,29)(H,26,32)/b18-13-. The van der Waals surface area contributed by atoms with Crippen LogP contribution in [0.5, 0.6) is 0 Å². The molecule has 0 bridgehead atoms. The van der Waals surface area contributed by atoms with Crippen molar-refractivity contribution in [2.45, 2.75) is 13.5 Å². The number of aryl methyl sites for hydroxylation is 1. The van der Waals surface area contributed by atoms with E-state index in [9.17, 15) is 14.4 Å². The third kappa shape index (κ3) is 5.29. The van der Waals surface area contributed by atoms with Gasteiger partial charge in [-0.1, -0.05) is 60.2 Å². The van der Waals surface area contributed by atoms with E-state index in [0.29, 0.717) is 15.5 Å². The van der Waals surface area contributed by atoms with Crippen LogP contribution < -0.4 is 5.32 Å². The fourth-order valence-electron chi connectivity index (χ4n) is 3.29. The zero-order valence-electron chi connectivity index (χ0n) is 17.8. The van der Waals surface area contributed by atoms with Gasteiger partial charge in [-0.05, 0) is 42.5 Å². The van der Waals surface area contributed by atoms with Gasteiger partial charge in [-0.15, -0.1) is 0 Å². The summed E-state index contributed by atoms with van der Waals surface area (Å²) in [6.07, 6.45) is 1.69. The molecule has 0 aliphatic carbocycles. The number of hydrogen-bond acceptors (Lipinski definition) is 6. The van der Waals surface area contributed by atoms with Gasteiger partial charge in [0.2, 0.25) is 5.91 Å². The van der Waals surface area contributed by atoms with Crippen molar-refractivity contribution in [1.82, 2.24) is 25.0 Å². The molecule has 10 heteroatoms. The van der Waals surface area contributed by atoms with Crippen LogP contribution >= 0.6 is 24.0 Å². The monoisotopic (exact) mass is 479 g/mol.